The van der Waals surface area contributed by atoms with Crippen molar-refractivity contribution in [2.75, 3.05) is 13.1 Å². The van der Waals surface area contributed by atoms with Crippen LogP contribution in [0.5, 0.6) is 11.5 Å². The zero-order valence-electron chi connectivity index (χ0n) is 18.8. The first kappa shape index (κ1) is 18.8. The Bertz CT molecular complexity index is 1360. The Morgan fingerprint density at radius 1 is 1.18 bits per heavy atom. The number of fused-ring (bicyclic) bond motifs is 3. The summed E-state index contributed by atoms with van der Waals surface area (Å²) in [4.78, 5) is 7.71. The molecule has 3 aromatic rings. The maximum atomic E-state index is 12.8. The number of hydrogen-bond acceptors (Lipinski definition) is 5. The Morgan fingerprint density at radius 3 is 2.88 bits per heavy atom. The van der Waals surface area contributed by atoms with Gasteiger partial charge in [0, 0.05) is 30.0 Å². The lowest BCUT2D eigenvalue weighted by atomic mass is 9.48. The number of benzene rings is 2. The summed E-state index contributed by atoms with van der Waals surface area (Å²) >= 11 is 0. The number of pyridine rings is 1. The SMILES string of the molecule is Cc1c2c(nc3ccccc13)[C@@H]1Oc3c(O)ccc4c3C13CCN(CC1CC1)[C@H](C4)[C@]3(O)C2. The molecule has 2 aromatic carbocycles. The molecule has 1 spiro atoms. The Kier molecular flexibility index (Phi) is 3.35. The van der Waals surface area contributed by atoms with Gasteiger partial charge in [-0.1, -0.05) is 24.3 Å². The normalized spacial score (nSPS) is 33.5. The quantitative estimate of drug-likeness (QED) is 0.632. The van der Waals surface area contributed by atoms with Crippen LogP contribution in [0.25, 0.3) is 10.9 Å². The fourth-order valence-corrected chi connectivity index (χ4v) is 7.80. The Balaban J connectivity index is 1.43. The molecular weight excluding hydrogens is 412 g/mol. The molecule has 0 radical (unpaired) electrons. The highest BCUT2D eigenvalue weighted by Gasteiger charge is 2.72. The first-order valence-corrected chi connectivity index (χ1v) is 12.4. The predicted octanol–water partition coefficient (Wildman–Crippen LogP) is 3.95. The minimum Gasteiger partial charge on any atom is -0.504 e. The molecule has 2 fully saturated rings. The number of ether oxygens (including phenoxy) is 1. The van der Waals surface area contributed by atoms with Gasteiger partial charge < -0.3 is 14.9 Å². The van der Waals surface area contributed by atoms with Crippen LogP contribution < -0.4 is 4.74 Å². The van der Waals surface area contributed by atoms with Crippen molar-refractivity contribution in [3.8, 4) is 11.5 Å². The van der Waals surface area contributed by atoms with Gasteiger partial charge in [0.05, 0.1) is 22.2 Å². The topological polar surface area (TPSA) is 65.8 Å². The van der Waals surface area contributed by atoms with Gasteiger partial charge in [-0.05, 0) is 73.9 Å². The van der Waals surface area contributed by atoms with E-state index in [0.29, 0.717) is 12.2 Å². The maximum absolute atomic E-state index is 12.8. The molecule has 3 aliphatic carbocycles. The van der Waals surface area contributed by atoms with E-state index in [1.165, 1.54) is 24.0 Å². The minimum absolute atomic E-state index is 0.0555. The van der Waals surface area contributed by atoms with Crippen LogP contribution in [-0.4, -0.2) is 44.8 Å². The molecule has 5 aliphatic rings. The van der Waals surface area contributed by atoms with Gasteiger partial charge in [0.1, 0.15) is 0 Å². The van der Waals surface area contributed by atoms with Crippen molar-refractivity contribution in [1.82, 2.24) is 9.88 Å². The number of hydrogen-bond donors (Lipinski definition) is 2. The predicted molar refractivity (Wildman–Crippen MR) is 125 cm³/mol. The Labute approximate surface area is 193 Å². The second-order valence-corrected chi connectivity index (χ2v) is 11.0. The molecule has 5 nitrogen and oxygen atoms in total. The summed E-state index contributed by atoms with van der Waals surface area (Å²) < 4.78 is 6.64. The third-order valence-electron chi connectivity index (χ3n) is 9.52. The molecule has 2 aliphatic heterocycles. The van der Waals surface area contributed by atoms with Crippen LogP contribution in [0.1, 0.15) is 53.3 Å². The molecular formula is C28H28N2O3. The van der Waals surface area contributed by atoms with Crippen molar-refractivity contribution in [3.63, 3.8) is 0 Å². The van der Waals surface area contributed by atoms with Gasteiger partial charge in [-0.25, -0.2) is 4.98 Å². The monoisotopic (exact) mass is 440 g/mol. The molecule has 2 bridgehead atoms. The van der Waals surface area contributed by atoms with E-state index < -0.39 is 11.0 Å². The number of nitrogens with zero attached hydrogens (tertiary/aromatic N) is 2. The lowest BCUT2D eigenvalue weighted by molar-refractivity contribution is -0.173. The zero-order valence-corrected chi connectivity index (χ0v) is 18.8. The van der Waals surface area contributed by atoms with E-state index in [1.807, 2.05) is 6.07 Å². The van der Waals surface area contributed by atoms with Gasteiger partial charge in [0.25, 0.3) is 0 Å². The number of aryl methyl sites for hydroxylation is 1. The van der Waals surface area contributed by atoms with Crippen molar-refractivity contribution in [3.05, 3.63) is 64.3 Å². The molecule has 8 rings (SSSR count). The van der Waals surface area contributed by atoms with Crippen LogP contribution in [-0.2, 0) is 18.3 Å². The van der Waals surface area contributed by atoms with Crippen LogP contribution in [0.3, 0.4) is 0 Å². The number of phenolic OH excluding ortho intramolecular Hbond substituents is 1. The second kappa shape index (κ2) is 5.89. The van der Waals surface area contributed by atoms with Crippen LogP contribution in [0.15, 0.2) is 36.4 Å². The zero-order chi connectivity index (χ0) is 22.1. The number of phenols is 1. The molecule has 33 heavy (non-hydrogen) atoms. The highest BCUT2D eigenvalue weighted by Crippen LogP contribution is 2.68. The van der Waals surface area contributed by atoms with E-state index in [9.17, 15) is 10.2 Å². The Morgan fingerprint density at radius 2 is 2.03 bits per heavy atom. The van der Waals surface area contributed by atoms with Crippen LogP contribution in [0.4, 0.5) is 0 Å². The first-order chi connectivity index (χ1) is 16.0. The fourth-order valence-electron chi connectivity index (χ4n) is 7.80. The lowest BCUT2D eigenvalue weighted by Crippen LogP contribution is -2.74. The van der Waals surface area contributed by atoms with Gasteiger partial charge in [-0.2, -0.15) is 0 Å². The molecule has 1 aromatic heterocycles. The largest absolute Gasteiger partial charge is 0.504 e. The average molecular weight is 441 g/mol. The van der Waals surface area contributed by atoms with Gasteiger partial charge in [-0.3, -0.25) is 4.90 Å². The molecule has 1 saturated heterocycles. The summed E-state index contributed by atoms with van der Waals surface area (Å²) in [6.45, 7) is 4.20. The number of aromatic nitrogens is 1. The summed E-state index contributed by atoms with van der Waals surface area (Å²) in [6, 6.07) is 12.2. The molecule has 1 unspecified atom stereocenters. The number of aromatic hydroxyl groups is 1. The third-order valence-corrected chi connectivity index (χ3v) is 9.52. The lowest BCUT2D eigenvalue weighted by Gasteiger charge is -2.63. The van der Waals surface area contributed by atoms with Gasteiger partial charge in [-0.15, -0.1) is 0 Å². The summed E-state index contributed by atoms with van der Waals surface area (Å²) in [5.41, 5.74) is 5.02. The maximum Gasteiger partial charge on any atom is 0.166 e. The standard InChI is InChI=1S/C28H28N2O3/c1-15-18-4-2-3-5-20(18)29-24-19(15)13-28(32)22-12-17-8-9-21(31)25-23(17)27(28,26(24)33-25)10-11-30(22)14-16-6-7-16/h2-5,8-9,16,22,26,31-32H,6-7,10-14H2,1H3/t22-,26+,27?,28-/m1/s1. The van der Waals surface area contributed by atoms with E-state index in [2.05, 4.69) is 36.1 Å². The van der Waals surface area contributed by atoms with Crippen molar-refractivity contribution in [2.45, 2.75) is 62.2 Å². The molecule has 0 amide bonds. The average Bonchev–Trinajstić information content (AvgIpc) is 3.55. The molecule has 2 N–H and O–H groups in total. The number of likely N-dealkylation sites (tertiary alicyclic amines) is 1. The van der Waals surface area contributed by atoms with Crippen LogP contribution in [0, 0.1) is 12.8 Å². The van der Waals surface area contributed by atoms with Gasteiger partial charge >= 0.3 is 0 Å². The molecule has 1 saturated carbocycles. The van der Waals surface area contributed by atoms with E-state index in [0.717, 1.165) is 59.6 Å². The molecule has 3 heterocycles. The highest BCUT2D eigenvalue weighted by atomic mass is 16.5. The van der Waals surface area contributed by atoms with Crippen LogP contribution in [0.2, 0.25) is 0 Å². The molecule has 4 atom stereocenters. The van der Waals surface area contributed by atoms with Crippen molar-refractivity contribution in [1.29, 1.82) is 0 Å². The number of aliphatic hydroxyl groups is 1. The van der Waals surface area contributed by atoms with E-state index in [-0.39, 0.29) is 17.9 Å². The summed E-state index contributed by atoms with van der Waals surface area (Å²) in [5, 5.41) is 24.8. The van der Waals surface area contributed by atoms with Crippen molar-refractivity contribution in [2.24, 2.45) is 5.92 Å². The fraction of sp³-hybridized carbons (Fsp3) is 0.464. The summed E-state index contributed by atoms with van der Waals surface area (Å²) in [6.07, 6.45) is 4.47. The van der Waals surface area contributed by atoms with E-state index >= 15 is 0 Å². The van der Waals surface area contributed by atoms with E-state index in [1.54, 1.807) is 6.07 Å². The Hall–Kier alpha value is -2.63. The van der Waals surface area contributed by atoms with Crippen molar-refractivity contribution < 1.29 is 14.9 Å². The summed E-state index contributed by atoms with van der Waals surface area (Å²) in [5.74, 6) is 1.53. The summed E-state index contributed by atoms with van der Waals surface area (Å²) in [7, 11) is 0. The third kappa shape index (κ3) is 2.10. The van der Waals surface area contributed by atoms with Crippen molar-refractivity contribution >= 4 is 10.9 Å². The van der Waals surface area contributed by atoms with Gasteiger partial charge in [0.15, 0.2) is 17.6 Å². The smallest absolute Gasteiger partial charge is 0.166 e. The highest BCUT2D eigenvalue weighted by molar-refractivity contribution is 5.84. The minimum atomic E-state index is -0.946. The van der Waals surface area contributed by atoms with Gasteiger partial charge in [0.2, 0.25) is 0 Å². The molecule has 5 heteroatoms. The first-order valence-electron chi connectivity index (χ1n) is 12.4. The molecule has 168 valence electrons. The van der Waals surface area contributed by atoms with Crippen LogP contribution >= 0.6 is 0 Å². The number of piperidine rings is 1. The van der Waals surface area contributed by atoms with E-state index in [4.69, 9.17) is 9.72 Å². The number of rotatable bonds is 2. The second-order valence-electron chi connectivity index (χ2n) is 11.0. The number of para-hydroxylation sites is 1.